The Morgan fingerprint density at radius 1 is 1.43 bits per heavy atom. The third-order valence-corrected chi connectivity index (χ3v) is 0.813. The number of hydrogen-bond acceptors (Lipinski definition) is 0. The summed E-state index contributed by atoms with van der Waals surface area (Å²) >= 11 is 5.37. The fourth-order valence-electron chi connectivity index (χ4n) is 0.320. The lowest BCUT2D eigenvalue weighted by molar-refractivity contribution is 0.552. The third kappa shape index (κ3) is 1.16. The predicted molar refractivity (Wildman–Crippen MR) is 28.1 cm³/mol. The normalized spacial score (nSPS) is 8.71. The van der Waals surface area contributed by atoms with Gasteiger partial charge in [0.2, 0.25) is 0 Å². The summed E-state index contributed by atoms with van der Waals surface area (Å²) in [5, 5.41) is 0.419. The SMILES string of the molecule is Clc1cccc[o+]1. The molecular weight excluding hydrogens is 112 g/mol. The Morgan fingerprint density at radius 3 is 2.57 bits per heavy atom. The van der Waals surface area contributed by atoms with E-state index in [1.165, 1.54) is 6.26 Å². The van der Waals surface area contributed by atoms with Crippen LogP contribution in [0.4, 0.5) is 0 Å². The van der Waals surface area contributed by atoms with Crippen molar-refractivity contribution in [2.75, 3.05) is 0 Å². The molecule has 0 fully saturated rings. The van der Waals surface area contributed by atoms with Gasteiger partial charge in [-0.1, -0.05) is 0 Å². The van der Waals surface area contributed by atoms with Crippen molar-refractivity contribution in [2.24, 2.45) is 0 Å². The summed E-state index contributed by atoms with van der Waals surface area (Å²) in [5.74, 6) is 0. The van der Waals surface area contributed by atoms with Crippen LogP contribution in [0.15, 0.2) is 28.9 Å². The van der Waals surface area contributed by atoms with Crippen molar-refractivity contribution >= 4 is 11.6 Å². The van der Waals surface area contributed by atoms with Gasteiger partial charge in [-0.25, -0.2) is 4.42 Å². The van der Waals surface area contributed by atoms with Crippen LogP contribution in [0.2, 0.25) is 5.22 Å². The Balaban J connectivity index is 3.02. The molecule has 1 nitrogen and oxygen atoms in total. The second kappa shape index (κ2) is 1.94. The van der Waals surface area contributed by atoms with Gasteiger partial charge in [0.15, 0.2) is 0 Å². The number of hydrogen-bond donors (Lipinski definition) is 0. The van der Waals surface area contributed by atoms with Gasteiger partial charge in [-0.3, -0.25) is 0 Å². The van der Waals surface area contributed by atoms with Gasteiger partial charge in [0, 0.05) is 17.7 Å². The minimum atomic E-state index is 0.419. The number of halogens is 1. The highest BCUT2D eigenvalue weighted by Gasteiger charge is 1.93. The van der Waals surface area contributed by atoms with E-state index in [1.807, 2.05) is 6.07 Å². The summed E-state index contributed by atoms with van der Waals surface area (Å²) < 4.78 is 4.69. The maximum Gasteiger partial charge on any atom is 0.422 e. The first-order valence-corrected chi connectivity index (χ1v) is 2.30. The van der Waals surface area contributed by atoms with Crippen LogP contribution in [-0.2, 0) is 0 Å². The molecule has 0 unspecified atom stereocenters. The summed E-state index contributed by atoms with van der Waals surface area (Å²) in [6.45, 7) is 0. The predicted octanol–water partition coefficient (Wildman–Crippen LogP) is 2.21. The van der Waals surface area contributed by atoms with Crippen molar-refractivity contribution in [1.82, 2.24) is 0 Å². The van der Waals surface area contributed by atoms with E-state index < -0.39 is 0 Å². The maximum absolute atomic E-state index is 5.37. The third-order valence-electron chi connectivity index (χ3n) is 0.598. The number of rotatable bonds is 0. The zero-order chi connectivity index (χ0) is 5.11. The van der Waals surface area contributed by atoms with E-state index in [0.29, 0.717) is 5.22 Å². The molecule has 0 atom stereocenters. The highest BCUT2D eigenvalue weighted by molar-refractivity contribution is 6.28. The fraction of sp³-hybridized carbons (Fsp3) is 0. The van der Waals surface area contributed by atoms with E-state index in [2.05, 4.69) is 0 Å². The molecular formula is C5H4ClO+. The molecule has 0 spiro atoms. The van der Waals surface area contributed by atoms with Crippen molar-refractivity contribution in [3.05, 3.63) is 29.7 Å². The molecule has 0 aliphatic carbocycles. The van der Waals surface area contributed by atoms with Gasteiger partial charge >= 0.3 is 11.5 Å². The summed E-state index contributed by atoms with van der Waals surface area (Å²) in [7, 11) is 0. The molecule has 0 saturated carbocycles. The Kier molecular flexibility index (Phi) is 1.27. The molecule has 1 aromatic heterocycles. The van der Waals surface area contributed by atoms with E-state index in [9.17, 15) is 0 Å². The lowest BCUT2D eigenvalue weighted by atomic mass is 10.5. The van der Waals surface area contributed by atoms with Gasteiger partial charge in [-0.15, -0.1) is 0 Å². The lowest BCUT2D eigenvalue weighted by Gasteiger charge is -1.65. The summed E-state index contributed by atoms with van der Waals surface area (Å²) in [6.07, 6.45) is 1.53. The molecule has 0 N–H and O–H groups in total. The molecule has 0 aliphatic heterocycles. The molecule has 7 heavy (non-hydrogen) atoms. The summed E-state index contributed by atoms with van der Waals surface area (Å²) in [6, 6.07) is 5.26. The molecule has 0 bridgehead atoms. The average Bonchev–Trinajstić information content (AvgIpc) is 1.69. The van der Waals surface area contributed by atoms with E-state index in [-0.39, 0.29) is 0 Å². The molecule has 1 heterocycles. The Morgan fingerprint density at radius 2 is 2.29 bits per heavy atom. The molecule has 1 rings (SSSR count). The average molecular weight is 116 g/mol. The first kappa shape index (κ1) is 4.60. The zero-order valence-corrected chi connectivity index (χ0v) is 4.35. The highest BCUT2D eigenvalue weighted by Crippen LogP contribution is 2.03. The second-order valence-corrected chi connectivity index (χ2v) is 1.48. The Bertz CT molecular complexity index is 138. The smallest absolute Gasteiger partial charge is 0.203 e. The molecule has 0 radical (unpaired) electrons. The van der Waals surface area contributed by atoms with Crippen molar-refractivity contribution in [3.8, 4) is 0 Å². The minimum absolute atomic E-state index is 0.419. The van der Waals surface area contributed by atoms with E-state index >= 15 is 0 Å². The molecule has 2 heteroatoms. The second-order valence-electron chi connectivity index (χ2n) is 1.11. The first-order chi connectivity index (χ1) is 3.39. The molecule has 0 amide bonds. The summed E-state index contributed by atoms with van der Waals surface area (Å²) in [5.41, 5.74) is 0. The van der Waals surface area contributed by atoms with Crippen molar-refractivity contribution in [2.45, 2.75) is 0 Å². The van der Waals surface area contributed by atoms with Crippen LogP contribution in [0, 0.1) is 0 Å². The fourth-order valence-corrected chi connectivity index (χ4v) is 0.444. The van der Waals surface area contributed by atoms with Crippen LogP contribution < -0.4 is 0 Å². The molecule has 1 aromatic rings. The lowest BCUT2D eigenvalue weighted by Crippen LogP contribution is -1.55. The summed E-state index contributed by atoms with van der Waals surface area (Å²) in [4.78, 5) is 0. The zero-order valence-electron chi connectivity index (χ0n) is 3.60. The van der Waals surface area contributed by atoms with Crippen LogP contribution >= 0.6 is 11.6 Å². The van der Waals surface area contributed by atoms with Crippen molar-refractivity contribution < 1.29 is 4.42 Å². The molecule has 0 aliphatic rings. The van der Waals surface area contributed by atoms with Crippen molar-refractivity contribution in [1.29, 1.82) is 0 Å². The molecule has 36 valence electrons. The van der Waals surface area contributed by atoms with Crippen LogP contribution in [-0.4, -0.2) is 0 Å². The van der Waals surface area contributed by atoms with Crippen molar-refractivity contribution in [3.63, 3.8) is 0 Å². The quantitative estimate of drug-likeness (QED) is 0.472. The molecule has 0 saturated heterocycles. The monoisotopic (exact) mass is 115 g/mol. The Labute approximate surface area is 46.5 Å². The van der Waals surface area contributed by atoms with E-state index in [4.69, 9.17) is 16.0 Å². The standard InChI is InChI=1S/C5H4ClO/c6-5-3-1-2-4-7-5/h1-4H/q+1. The van der Waals surface area contributed by atoms with Gasteiger partial charge in [0.25, 0.3) is 0 Å². The van der Waals surface area contributed by atoms with Gasteiger partial charge in [0.05, 0.1) is 6.07 Å². The van der Waals surface area contributed by atoms with Gasteiger partial charge in [-0.05, 0) is 6.07 Å². The van der Waals surface area contributed by atoms with E-state index in [0.717, 1.165) is 0 Å². The van der Waals surface area contributed by atoms with Crippen LogP contribution in [0.5, 0.6) is 0 Å². The van der Waals surface area contributed by atoms with Crippen LogP contribution in [0.1, 0.15) is 0 Å². The van der Waals surface area contributed by atoms with Crippen LogP contribution in [0.3, 0.4) is 0 Å². The van der Waals surface area contributed by atoms with E-state index in [1.54, 1.807) is 12.1 Å². The Hall–Kier alpha value is -0.560. The van der Waals surface area contributed by atoms with Crippen LogP contribution in [0.25, 0.3) is 0 Å². The van der Waals surface area contributed by atoms with Gasteiger partial charge < -0.3 is 0 Å². The first-order valence-electron chi connectivity index (χ1n) is 1.92. The topological polar surface area (TPSA) is 11.3 Å². The largest absolute Gasteiger partial charge is 0.422 e. The maximum atomic E-state index is 5.37. The highest BCUT2D eigenvalue weighted by atomic mass is 35.5. The van der Waals surface area contributed by atoms with Gasteiger partial charge in [0.1, 0.15) is 0 Å². The molecule has 0 aromatic carbocycles. The minimum Gasteiger partial charge on any atom is -0.203 e. The van der Waals surface area contributed by atoms with Gasteiger partial charge in [-0.2, -0.15) is 0 Å².